The summed E-state index contributed by atoms with van der Waals surface area (Å²) in [4.78, 5) is 24.6. The van der Waals surface area contributed by atoms with E-state index in [2.05, 4.69) is 19.2 Å². The summed E-state index contributed by atoms with van der Waals surface area (Å²) in [5.41, 5.74) is 0. The van der Waals surface area contributed by atoms with Gasteiger partial charge in [0.25, 0.3) is 0 Å². The maximum absolute atomic E-state index is 12.4. The van der Waals surface area contributed by atoms with Crippen molar-refractivity contribution in [1.29, 1.82) is 0 Å². The highest BCUT2D eigenvalue weighted by molar-refractivity contribution is 5.78. The zero-order chi connectivity index (χ0) is 38.6. The lowest BCUT2D eigenvalue weighted by Gasteiger charge is -2.16. The molecule has 0 aliphatic heterocycles. The number of ketones is 1. The van der Waals surface area contributed by atoms with Crippen molar-refractivity contribution in [2.45, 2.75) is 296 Å². The molecule has 0 aliphatic rings. The van der Waals surface area contributed by atoms with Gasteiger partial charge in [-0.25, -0.2) is 0 Å². The first-order valence-electron chi connectivity index (χ1n) is 24.6. The van der Waals surface area contributed by atoms with Crippen LogP contribution in [0.15, 0.2) is 0 Å². The smallest absolute Gasteiger partial charge is 0.220 e. The summed E-state index contributed by atoms with van der Waals surface area (Å²) in [6.07, 6.45) is 54.6. The number of hydrogen-bond donors (Lipinski definition) is 2. The molecule has 0 radical (unpaired) electrons. The first-order valence-corrected chi connectivity index (χ1v) is 24.6. The van der Waals surface area contributed by atoms with Crippen molar-refractivity contribution < 1.29 is 14.7 Å². The van der Waals surface area contributed by atoms with Crippen molar-refractivity contribution in [1.82, 2.24) is 5.32 Å². The zero-order valence-corrected chi connectivity index (χ0v) is 36.5. The fourth-order valence-electron chi connectivity index (χ4n) is 7.93. The average Bonchev–Trinajstić information content (AvgIpc) is 3.16. The summed E-state index contributed by atoms with van der Waals surface area (Å²) in [5.74, 6) is 0.618. The molecule has 0 unspecified atom stereocenters. The van der Waals surface area contributed by atoms with Crippen LogP contribution in [0.25, 0.3) is 0 Å². The van der Waals surface area contributed by atoms with Crippen molar-refractivity contribution in [2.24, 2.45) is 0 Å². The van der Waals surface area contributed by atoms with Gasteiger partial charge in [0, 0.05) is 19.3 Å². The molecule has 0 aromatic rings. The van der Waals surface area contributed by atoms with Crippen LogP contribution >= 0.6 is 0 Å². The summed E-state index contributed by atoms with van der Waals surface area (Å²) in [6, 6.07) is -0.0684. The van der Waals surface area contributed by atoms with E-state index in [0.29, 0.717) is 12.2 Å². The zero-order valence-electron chi connectivity index (χ0n) is 36.5. The van der Waals surface area contributed by atoms with Gasteiger partial charge in [-0.15, -0.1) is 0 Å². The van der Waals surface area contributed by atoms with E-state index in [-0.39, 0.29) is 18.6 Å². The quantitative estimate of drug-likeness (QED) is 0.0609. The van der Waals surface area contributed by atoms with Gasteiger partial charge in [0.05, 0.1) is 12.6 Å². The molecule has 1 amide bonds. The molecular weight excluding hydrogens is 651 g/mol. The largest absolute Gasteiger partial charge is 0.394 e. The van der Waals surface area contributed by atoms with Crippen molar-refractivity contribution in [3.05, 3.63) is 0 Å². The first kappa shape index (κ1) is 52.1. The highest BCUT2D eigenvalue weighted by Crippen LogP contribution is 2.17. The monoisotopic (exact) mass is 748 g/mol. The van der Waals surface area contributed by atoms with Gasteiger partial charge in [-0.05, 0) is 25.7 Å². The highest BCUT2D eigenvalue weighted by Gasteiger charge is 2.11. The van der Waals surface area contributed by atoms with Crippen LogP contribution in [-0.2, 0) is 9.59 Å². The Labute approximate surface area is 333 Å². The third kappa shape index (κ3) is 43.7. The standard InChI is InChI=1S/C49H97NO3/c1-3-5-7-9-11-13-15-17-19-22-26-30-34-38-42-47(46-51)50-49(53)45-41-37-33-29-25-21-20-24-28-32-36-40-44-48(52)43-39-35-31-27-23-18-16-14-12-10-8-6-4-2/h47,51H,3-46H2,1-2H3,(H,50,53)/t47-/m0/s1. The molecule has 1 atom stereocenters. The number of Topliss-reactive ketones (excluding diaryl/α,β-unsaturated/α-hetero) is 1. The molecular formula is C49H97NO3. The van der Waals surface area contributed by atoms with E-state index < -0.39 is 0 Å². The molecule has 2 N–H and O–H groups in total. The topological polar surface area (TPSA) is 66.4 Å². The lowest BCUT2D eigenvalue weighted by molar-refractivity contribution is -0.122. The first-order chi connectivity index (χ1) is 26.1. The lowest BCUT2D eigenvalue weighted by atomic mass is 10.0. The molecule has 0 spiro atoms. The second-order valence-corrected chi connectivity index (χ2v) is 17.1. The van der Waals surface area contributed by atoms with Crippen LogP contribution < -0.4 is 5.32 Å². The van der Waals surface area contributed by atoms with E-state index in [1.807, 2.05) is 0 Å². The fourth-order valence-corrected chi connectivity index (χ4v) is 7.93. The highest BCUT2D eigenvalue weighted by atomic mass is 16.3. The van der Waals surface area contributed by atoms with Gasteiger partial charge in [-0.2, -0.15) is 0 Å². The van der Waals surface area contributed by atoms with Gasteiger partial charge in [0.1, 0.15) is 5.78 Å². The van der Waals surface area contributed by atoms with Crippen molar-refractivity contribution in [3.63, 3.8) is 0 Å². The Kier molecular flexibility index (Phi) is 44.7. The molecule has 4 heteroatoms. The number of rotatable bonds is 46. The number of amides is 1. The van der Waals surface area contributed by atoms with E-state index >= 15 is 0 Å². The summed E-state index contributed by atoms with van der Waals surface area (Å²) >= 11 is 0. The molecule has 0 aromatic carbocycles. The van der Waals surface area contributed by atoms with E-state index in [4.69, 9.17) is 0 Å². The van der Waals surface area contributed by atoms with E-state index in [1.54, 1.807) is 0 Å². The number of carbonyl (C=O) groups excluding carboxylic acids is 2. The average molecular weight is 748 g/mol. The van der Waals surface area contributed by atoms with Crippen LogP contribution in [-0.4, -0.2) is 29.4 Å². The summed E-state index contributed by atoms with van der Waals surface area (Å²) in [7, 11) is 0. The number of nitrogens with one attached hydrogen (secondary N) is 1. The molecule has 0 saturated heterocycles. The van der Waals surface area contributed by atoms with E-state index in [0.717, 1.165) is 51.4 Å². The predicted octanol–water partition coefficient (Wildman–Crippen LogP) is 15.8. The molecule has 4 nitrogen and oxygen atoms in total. The fraction of sp³-hybridized carbons (Fsp3) is 0.959. The number of carbonyl (C=O) groups is 2. The SMILES string of the molecule is CCCCCCCCCCCCCCCC[C@@H](CO)NC(=O)CCCCCCCCCCCCCCC(=O)CCCCCCCCCCCCCCC. The maximum Gasteiger partial charge on any atom is 0.220 e. The summed E-state index contributed by atoms with van der Waals surface area (Å²) in [5, 5.41) is 12.8. The molecule has 53 heavy (non-hydrogen) atoms. The van der Waals surface area contributed by atoms with Gasteiger partial charge >= 0.3 is 0 Å². The minimum atomic E-state index is -0.0684. The van der Waals surface area contributed by atoms with Gasteiger partial charge in [0.2, 0.25) is 5.91 Å². The Bertz CT molecular complexity index is 725. The Morgan fingerprint density at radius 3 is 0.887 bits per heavy atom. The molecule has 0 bridgehead atoms. The molecule has 0 aliphatic carbocycles. The Hall–Kier alpha value is -0.900. The number of aliphatic hydroxyl groups is 1. The van der Waals surface area contributed by atoms with Crippen LogP contribution in [0.5, 0.6) is 0 Å². The van der Waals surface area contributed by atoms with Gasteiger partial charge in [-0.3, -0.25) is 9.59 Å². The van der Waals surface area contributed by atoms with Crippen LogP contribution in [0.4, 0.5) is 0 Å². The van der Waals surface area contributed by atoms with Crippen molar-refractivity contribution in [2.75, 3.05) is 6.61 Å². The molecule has 0 fully saturated rings. The summed E-state index contributed by atoms with van der Waals surface area (Å²) < 4.78 is 0. The van der Waals surface area contributed by atoms with Crippen molar-refractivity contribution in [3.8, 4) is 0 Å². The molecule has 0 aromatic heterocycles. The minimum absolute atomic E-state index is 0.0590. The van der Waals surface area contributed by atoms with Crippen LogP contribution in [0.1, 0.15) is 290 Å². The third-order valence-corrected chi connectivity index (χ3v) is 11.7. The van der Waals surface area contributed by atoms with E-state index in [1.165, 1.54) is 218 Å². The molecule has 0 heterocycles. The molecule has 316 valence electrons. The van der Waals surface area contributed by atoms with Gasteiger partial charge in [-0.1, -0.05) is 245 Å². The summed E-state index contributed by atoms with van der Waals surface area (Å²) in [6.45, 7) is 4.63. The number of unbranched alkanes of at least 4 members (excludes halogenated alkanes) is 36. The normalized spacial score (nSPS) is 12.1. The maximum atomic E-state index is 12.4. The predicted molar refractivity (Wildman–Crippen MR) is 234 cm³/mol. The Morgan fingerprint density at radius 2 is 0.604 bits per heavy atom. The minimum Gasteiger partial charge on any atom is -0.394 e. The Morgan fingerprint density at radius 1 is 0.358 bits per heavy atom. The van der Waals surface area contributed by atoms with Crippen LogP contribution in [0, 0.1) is 0 Å². The molecule has 0 saturated carbocycles. The molecule has 0 rings (SSSR count). The van der Waals surface area contributed by atoms with E-state index in [9.17, 15) is 14.7 Å². The second-order valence-electron chi connectivity index (χ2n) is 17.1. The third-order valence-electron chi connectivity index (χ3n) is 11.7. The Balaban J connectivity index is 3.37. The van der Waals surface area contributed by atoms with Crippen molar-refractivity contribution >= 4 is 11.7 Å². The van der Waals surface area contributed by atoms with Gasteiger partial charge < -0.3 is 10.4 Å². The van der Waals surface area contributed by atoms with Gasteiger partial charge in [0.15, 0.2) is 0 Å². The van der Waals surface area contributed by atoms with Crippen LogP contribution in [0.3, 0.4) is 0 Å². The number of aliphatic hydroxyl groups excluding tert-OH is 1. The lowest BCUT2D eigenvalue weighted by Crippen LogP contribution is -2.37. The van der Waals surface area contributed by atoms with Crippen LogP contribution in [0.2, 0.25) is 0 Å². The second kappa shape index (κ2) is 45.5. The number of hydrogen-bond acceptors (Lipinski definition) is 3.